The molecule has 0 spiro atoms. The highest BCUT2D eigenvalue weighted by Crippen LogP contribution is 2.29. The number of benzene rings is 1. The summed E-state index contributed by atoms with van der Waals surface area (Å²) in [6.07, 6.45) is 1.21. The van der Waals surface area contributed by atoms with Gasteiger partial charge in [0.25, 0.3) is 0 Å². The van der Waals surface area contributed by atoms with E-state index in [1.807, 2.05) is 6.07 Å². The molecule has 0 amide bonds. The van der Waals surface area contributed by atoms with Gasteiger partial charge in [-0.15, -0.1) is 0 Å². The van der Waals surface area contributed by atoms with Crippen LogP contribution in [0.25, 0.3) is 0 Å². The maximum absolute atomic E-state index is 5.36. The van der Waals surface area contributed by atoms with Crippen LogP contribution < -0.4 is 19.7 Å². The molecule has 0 aliphatic carbocycles. The number of anilines is 1. The molecule has 1 aliphatic heterocycles. The van der Waals surface area contributed by atoms with Gasteiger partial charge in [-0.25, -0.2) is 0 Å². The van der Waals surface area contributed by atoms with Crippen molar-refractivity contribution in [2.45, 2.75) is 26.3 Å². The molecule has 0 saturated carbocycles. The van der Waals surface area contributed by atoms with Gasteiger partial charge in [0.1, 0.15) is 11.5 Å². The summed E-state index contributed by atoms with van der Waals surface area (Å²) in [6.45, 7) is 7.63. The molecule has 0 aromatic heterocycles. The summed E-state index contributed by atoms with van der Waals surface area (Å²) >= 11 is 0. The Morgan fingerprint density at radius 2 is 1.85 bits per heavy atom. The fraction of sp³-hybridized carbons (Fsp3) is 0.625. The van der Waals surface area contributed by atoms with Crippen LogP contribution in [0.4, 0.5) is 5.69 Å². The smallest absolute Gasteiger partial charge is 0.124 e. The van der Waals surface area contributed by atoms with Crippen molar-refractivity contribution in [1.82, 2.24) is 5.32 Å². The van der Waals surface area contributed by atoms with Gasteiger partial charge >= 0.3 is 0 Å². The standard InChI is InChI=1S/C16H26N2O2/c1-12(2)7-13-11-18(6-5-17-13)14-8-15(19-3)10-16(9-14)20-4/h8-10,12-13,17H,5-7,11H2,1-4H3. The van der Waals surface area contributed by atoms with E-state index >= 15 is 0 Å². The average molecular weight is 278 g/mol. The normalized spacial score (nSPS) is 19.2. The van der Waals surface area contributed by atoms with Crippen LogP contribution in [0, 0.1) is 5.92 Å². The zero-order valence-electron chi connectivity index (χ0n) is 13.0. The molecule has 1 atom stereocenters. The molecule has 1 N–H and O–H groups in total. The lowest BCUT2D eigenvalue weighted by molar-refractivity contribution is 0.383. The molecular formula is C16H26N2O2. The first-order chi connectivity index (χ1) is 9.62. The monoisotopic (exact) mass is 278 g/mol. The van der Waals surface area contributed by atoms with Crippen LogP contribution in [0.5, 0.6) is 11.5 Å². The molecule has 2 rings (SSSR count). The van der Waals surface area contributed by atoms with E-state index in [1.54, 1.807) is 14.2 Å². The molecule has 0 radical (unpaired) electrons. The van der Waals surface area contributed by atoms with E-state index in [4.69, 9.17) is 9.47 Å². The van der Waals surface area contributed by atoms with Gasteiger partial charge in [0.15, 0.2) is 0 Å². The molecule has 1 aromatic carbocycles. The van der Waals surface area contributed by atoms with E-state index in [0.717, 1.165) is 31.1 Å². The van der Waals surface area contributed by atoms with E-state index in [1.165, 1.54) is 12.1 Å². The molecule has 1 aliphatic rings. The number of piperazine rings is 1. The Balaban J connectivity index is 2.13. The Labute approximate surface area is 122 Å². The second-order valence-corrected chi connectivity index (χ2v) is 5.80. The van der Waals surface area contributed by atoms with Crippen LogP contribution in [0.3, 0.4) is 0 Å². The zero-order chi connectivity index (χ0) is 14.5. The molecular weight excluding hydrogens is 252 g/mol. The largest absolute Gasteiger partial charge is 0.497 e. The van der Waals surface area contributed by atoms with Crippen LogP contribution >= 0.6 is 0 Å². The molecule has 1 aromatic rings. The predicted octanol–water partition coefficient (Wildman–Crippen LogP) is 2.53. The first-order valence-corrected chi connectivity index (χ1v) is 7.33. The summed E-state index contributed by atoms with van der Waals surface area (Å²) < 4.78 is 10.7. The summed E-state index contributed by atoms with van der Waals surface area (Å²) in [5.74, 6) is 2.41. The van der Waals surface area contributed by atoms with Gasteiger partial charge in [0, 0.05) is 49.6 Å². The molecule has 1 fully saturated rings. The molecule has 1 saturated heterocycles. The fourth-order valence-corrected chi connectivity index (χ4v) is 2.76. The topological polar surface area (TPSA) is 33.7 Å². The van der Waals surface area contributed by atoms with Gasteiger partial charge < -0.3 is 19.7 Å². The number of ether oxygens (including phenoxy) is 2. The van der Waals surface area contributed by atoms with E-state index in [-0.39, 0.29) is 0 Å². The Hall–Kier alpha value is -1.42. The lowest BCUT2D eigenvalue weighted by Crippen LogP contribution is -2.51. The second kappa shape index (κ2) is 6.84. The van der Waals surface area contributed by atoms with Crippen LogP contribution in [-0.2, 0) is 0 Å². The minimum atomic E-state index is 0.556. The molecule has 20 heavy (non-hydrogen) atoms. The Bertz CT molecular complexity index is 412. The van der Waals surface area contributed by atoms with Crippen molar-refractivity contribution in [3.8, 4) is 11.5 Å². The quantitative estimate of drug-likeness (QED) is 0.897. The van der Waals surface area contributed by atoms with Crippen molar-refractivity contribution >= 4 is 5.69 Å². The molecule has 4 nitrogen and oxygen atoms in total. The number of nitrogens with zero attached hydrogens (tertiary/aromatic N) is 1. The summed E-state index contributed by atoms with van der Waals surface area (Å²) in [5.41, 5.74) is 1.18. The maximum Gasteiger partial charge on any atom is 0.124 e. The molecule has 1 heterocycles. The minimum Gasteiger partial charge on any atom is -0.497 e. The highest BCUT2D eigenvalue weighted by Gasteiger charge is 2.21. The van der Waals surface area contributed by atoms with Crippen LogP contribution in [0.2, 0.25) is 0 Å². The van der Waals surface area contributed by atoms with Crippen LogP contribution in [0.1, 0.15) is 20.3 Å². The Kier molecular flexibility index (Phi) is 5.12. The van der Waals surface area contributed by atoms with Crippen molar-refractivity contribution in [2.75, 3.05) is 38.8 Å². The lowest BCUT2D eigenvalue weighted by Gasteiger charge is -2.36. The van der Waals surface area contributed by atoms with Crippen molar-refractivity contribution in [2.24, 2.45) is 5.92 Å². The van der Waals surface area contributed by atoms with Crippen LogP contribution in [-0.4, -0.2) is 39.9 Å². The number of nitrogens with one attached hydrogen (secondary N) is 1. The zero-order valence-corrected chi connectivity index (χ0v) is 13.0. The first kappa shape index (κ1) is 15.0. The minimum absolute atomic E-state index is 0.556. The van der Waals surface area contributed by atoms with Gasteiger partial charge in [-0.2, -0.15) is 0 Å². The molecule has 0 bridgehead atoms. The van der Waals surface area contributed by atoms with Gasteiger partial charge in [-0.05, 0) is 12.3 Å². The van der Waals surface area contributed by atoms with E-state index in [9.17, 15) is 0 Å². The molecule has 1 unspecified atom stereocenters. The third kappa shape index (κ3) is 3.79. The fourth-order valence-electron chi connectivity index (χ4n) is 2.76. The van der Waals surface area contributed by atoms with Gasteiger partial charge in [0.05, 0.1) is 14.2 Å². The average Bonchev–Trinajstić information content (AvgIpc) is 2.46. The van der Waals surface area contributed by atoms with Gasteiger partial charge in [0.2, 0.25) is 0 Å². The summed E-state index contributed by atoms with van der Waals surface area (Å²) in [6, 6.07) is 6.64. The van der Waals surface area contributed by atoms with Gasteiger partial charge in [-0.3, -0.25) is 0 Å². The summed E-state index contributed by atoms with van der Waals surface area (Å²) in [4.78, 5) is 2.41. The van der Waals surface area contributed by atoms with E-state index < -0.39 is 0 Å². The third-order valence-electron chi connectivity index (χ3n) is 3.71. The van der Waals surface area contributed by atoms with Crippen molar-refractivity contribution in [3.63, 3.8) is 0 Å². The van der Waals surface area contributed by atoms with Crippen molar-refractivity contribution in [1.29, 1.82) is 0 Å². The van der Waals surface area contributed by atoms with Crippen LogP contribution in [0.15, 0.2) is 18.2 Å². The number of hydrogen-bond acceptors (Lipinski definition) is 4. The lowest BCUT2D eigenvalue weighted by atomic mass is 10.0. The SMILES string of the molecule is COc1cc(OC)cc(N2CCNC(CC(C)C)C2)c1. The second-order valence-electron chi connectivity index (χ2n) is 5.80. The number of hydrogen-bond donors (Lipinski definition) is 1. The Morgan fingerprint density at radius 1 is 1.20 bits per heavy atom. The van der Waals surface area contributed by atoms with E-state index in [2.05, 4.69) is 36.2 Å². The predicted molar refractivity (Wildman–Crippen MR) is 83.0 cm³/mol. The first-order valence-electron chi connectivity index (χ1n) is 7.33. The summed E-state index contributed by atoms with van der Waals surface area (Å²) in [5, 5.41) is 3.60. The third-order valence-corrected chi connectivity index (χ3v) is 3.71. The Morgan fingerprint density at radius 3 is 2.40 bits per heavy atom. The highest BCUT2D eigenvalue weighted by molar-refractivity contribution is 5.56. The van der Waals surface area contributed by atoms with Gasteiger partial charge in [-0.1, -0.05) is 13.8 Å². The van der Waals surface area contributed by atoms with E-state index in [0.29, 0.717) is 12.0 Å². The number of rotatable bonds is 5. The molecule has 4 heteroatoms. The molecule has 112 valence electrons. The summed E-state index contributed by atoms with van der Waals surface area (Å²) in [7, 11) is 3.38. The van der Waals surface area contributed by atoms with Crippen molar-refractivity contribution < 1.29 is 9.47 Å². The van der Waals surface area contributed by atoms with Crippen molar-refractivity contribution in [3.05, 3.63) is 18.2 Å². The highest BCUT2D eigenvalue weighted by atomic mass is 16.5. The maximum atomic E-state index is 5.36. The number of methoxy groups -OCH3 is 2.